The fourth-order valence-corrected chi connectivity index (χ4v) is 5.17. The molecule has 11 nitrogen and oxygen atoms in total. The quantitative estimate of drug-likeness (QED) is 0.234. The van der Waals surface area contributed by atoms with Crippen LogP contribution in [0.4, 0.5) is 5.82 Å². The number of aliphatic hydroxyl groups is 2. The summed E-state index contributed by atoms with van der Waals surface area (Å²) in [5, 5.41) is 35.2. The molecule has 0 amide bonds. The van der Waals surface area contributed by atoms with Crippen LogP contribution in [-0.2, 0) is 20.7 Å². The van der Waals surface area contributed by atoms with Crippen LogP contribution in [0.2, 0.25) is 5.28 Å². The number of nitrogens with one attached hydrogen (secondary N) is 1. The molecular formula is C26H28ClN5O6. The summed E-state index contributed by atoms with van der Waals surface area (Å²) < 4.78 is 13.0. The number of halogens is 1. The molecule has 3 aromatic rings. The van der Waals surface area contributed by atoms with Crippen molar-refractivity contribution < 1.29 is 29.6 Å². The van der Waals surface area contributed by atoms with Gasteiger partial charge in [-0.15, -0.1) is 6.42 Å². The molecule has 1 saturated carbocycles. The van der Waals surface area contributed by atoms with Crippen molar-refractivity contribution in [2.45, 2.75) is 68.3 Å². The fourth-order valence-electron chi connectivity index (χ4n) is 5.01. The predicted octanol–water partition coefficient (Wildman–Crippen LogP) is 2.17. The summed E-state index contributed by atoms with van der Waals surface area (Å²) in [6.07, 6.45) is 6.12. The molecule has 0 bridgehead atoms. The number of nitrogens with zero attached hydrogens (tertiary/aromatic N) is 4. The number of benzene rings is 1. The third-order valence-electron chi connectivity index (χ3n) is 7.10. The number of aliphatic carboxylic acids is 1. The van der Waals surface area contributed by atoms with Gasteiger partial charge in [-0.3, -0.25) is 4.57 Å². The minimum Gasteiger partial charge on any atom is -0.479 e. The zero-order valence-corrected chi connectivity index (χ0v) is 21.2. The number of ether oxygens (including phenoxy) is 2. The lowest BCUT2D eigenvalue weighted by Gasteiger charge is -2.26. The van der Waals surface area contributed by atoms with E-state index in [1.807, 2.05) is 6.07 Å². The van der Waals surface area contributed by atoms with Gasteiger partial charge in [0.1, 0.15) is 12.2 Å². The molecule has 200 valence electrons. The van der Waals surface area contributed by atoms with E-state index in [-0.39, 0.29) is 30.0 Å². The van der Waals surface area contributed by atoms with Crippen LogP contribution in [-0.4, -0.2) is 77.4 Å². The van der Waals surface area contributed by atoms with Crippen molar-refractivity contribution in [3.8, 4) is 12.3 Å². The molecule has 3 heterocycles. The van der Waals surface area contributed by atoms with Crippen LogP contribution in [0.25, 0.3) is 11.2 Å². The van der Waals surface area contributed by atoms with E-state index < -0.39 is 36.1 Å². The number of carboxylic acid groups (broad SMARTS) is 1. The normalized spacial score (nSPS) is 26.4. The second-order valence-corrected chi connectivity index (χ2v) is 9.91. The number of fused-ring (bicyclic) bond motifs is 1. The van der Waals surface area contributed by atoms with Gasteiger partial charge in [-0.2, -0.15) is 9.97 Å². The number of rotatable bonds is 9. The van der Waals surface area contributed by atoms with E-state index in [0.717, 1.165) is 31.2 Å². The molecule has 1 unspecified atom stereocenters. The first-order valence-corrected chi connectivity index (χ1v) is 12.8. The molecule has 2 aliphatic rings. The summed E-state index contributed by atoms with van der Waals surface area (Å²) in [5.74, 6) is 1.49. The summed E-state index contributed by atoms with van der Waals surface area (Å²) >= 11 is 6.21. The molecule has 38 heavy (non-hydrogen) atoms. The number of aliphatic hydroxyl groups excluding tert-OH is 1. The highest BCUT2D eigenvalue weighted by Gasteiger charge is 2.56. The lowest BCUT2D eigenvalue weighted by Crippen LogP contribution is -2.48. The van der Waals surface area contributed by atoms with Crippen LogP contribution in [0, 0.1) is 12.3 Å². The Hall–Kier alpha value is -3.27. The van der Waals surface area contributed by atoms with Crippen LogP contribution in [0.15, 0.2) is 36.7 Å². The van der Waals surface area contributed by atoms with Crippen LogP contribution in [0.1, 0.15) is 37.5 Å². The number of aromatic nitrogens is 4. The maximum atomic E-state index is 11.8. The molecule has 1 aliphatic heterocycles. The van der Waals surface area contributed by atoms with Gasteiger partial charge in [-0.05, 0) is 30.0 Å². The molecular weight excluding hydrogens is 514 g/mol. The first kappa shape index (κ1) is 26.3. The molecule has 1 aliphatic carbocycles. The number of hydrogen-bond donors (Lipinski definition) is 4. The Morgan fingerprint density at radius 1 is 1.32 bits per heavy atom. The standard InChI is InChI=1S/C26H28ClN5O6/c1-2-26(36)18(13-37-17(24(34)35)12-15-8-4-3-5-9-15)38-23(20(26)33)32-14-28-19-21(29-16-10-6-7-11-16)30-25(27)31-22(19)32/h1,3-5,8-9,14,16-18,20,23,33,36H,6-7,10-13H2,(H,34,35)(H,29,30,31)/t17?,18-,20+,23-,26-/m1/s1. The van der Waals surface area contributed by atoms with E-state index in [0.29, 0.717) is 11.3 Å². The van der Waals surface area contributed by atoms with Gasteiger partial charge < -0.3 is 30.1 Å². The molecule has 0 spiro atoms. The van der Waals surface area contributed by atoms with Crippen molar-refractivity contribution in [2.75, 3.05) is 11.9 Å². The average Bonchev–Trinajstić information content (AvgIpc) is 3.62. The van der Waals surface area contributed by atoms with Crippen molar-refractivity contribution in [1.29, 1.82) is 0 Å². The summed E-state index contributed by atoms with van der Waals surface area (Å²) in [5.41, 5.74) is -0.697. The molecule has 1 aromatic carbocycles. The van der Waals surface area contributed by atoms with Crippen molar-refractivity contribution in [2.24, 2.45) is 0 Å². The third kappa shape index (κ3) is 5.06. The van der Waals surface area contributed by atoms with Gasteiger partial charge in [0.15, 0.2) is 34.9 Å². The second-order valence-electron chi connectivity index (χ2n) is 9.57. The number of imidazole rings is 1. The SMILES string of the molecule is C#C[C@@]1(O)[C@@H](COC(Cc2ccccc2)C(=O)O)O[C@@H](n2cnc3c(NC4CCCC4)nc(Cl)nc32)[C@@H]1O. The second kappa shape index (κ2) is 10.8. The minimum absolute atomic E-state index is 0.0236. The number of anilines is 1. The van der Waals surface area contributed by atoms with E-state index >= 15 is 0 Å². The minimum atomic E-state index is -2.17. The van der Waals surface area contributed by atoms with Crippen LogP contribution < -0.4 is 5.32 Å². The molecule has 5 rings (SSSR count). The summed E-state index contributed by atoms with van der Waals surface area (Å²) in [6.45, 7) is -0.380. The molecule has 2 aromatic heterocycles. The van der Waals surface area contributed by atoms with Crippen molar-refractivity contribution in [1.82, 2.24) is 19.5 Å². The van der Waals surface area contributed by atoms with Gasteiger partial charge in [0, 0.05) is 12.5 Å². The fraction of sp³-hybridized carbons (Fsp3) is 0.462. The highest BCUT2D eigenvalue weighted by atomic mass is 35.5. The molecule has 2 fully saturated rings. The van der Waals surface area contributed by atoms with E-state index in [1.54, 1.807) is 24.3 Å². The van der Waals surface area contributed by atoms with Crippen LogP contribution >= 0.6 is 11.6 Å². The molecule has 1 saturated heterocycles. The topological polar surface area (TPSA) is 152 Å². The van der Waals surface area contributed by atoms with Crippen molar-refractivity contribution >= 4 is 34.6 Å². The van der Waals surface area contributed by atoms with E-state index in [2.05, 4.69) is 26.2 Å². The molecule has 4 N–H and O–H groups in total. The average molecular weight is 542 g/mol. The van der Waals surface area contributed by atoms with E-state index in [9.17, 15) is 20.1 Å². The lowest BCUT2D eigenvalue weighted by atomic mass is 9.93. The molecule has 12 heteroatoms. The summed E-state index contributed by atoms with van der Waals surface area (Å²) in [4.78, 5) is 24.8. The third-order valence-corrected chi connectivity index (χ3v) is 7.27. The zero-order valence-electron chi connectivity index (χ0n) is 20.4. The monoisotopic (exact) mass is 541 g/mol. The van der Waals surface area contributed by atoms with Gasteiger partial charge in [0.2, 0.25) is 5.28 Å². The van der Waals surface area contributed by atoms with Gasteiger partial charge in [0.05, 0.1) is 12.9 Å². The Balaban J connectivity index is 1.38. The first-order valence-electron chi connectivity index (χ1n) is 12.4. The van der Waals surface area contributed by atoms with E-state index in [1.165, 1.54) is 10.9 Å². The molecule has 0 radical (unpaired) electrons. The number of hydrogen-bond acceptors (Lipinski definition) is 9. The highest BCUT2D eigenvalue weighted by molar-refractivity contribution is 6.28. The Labute approximate surface area is 223 Å². The van der Waals surface area contributed by atoms with Gasteiger partial charge >= 0.3 is 5.97 Å². The maximum Gasteiger partial charge on any atom is 0.333 e. The van der Waals surface area contributed by atoms with Gasteiger partial charge in [-0.25, -0.2) is 9.78 Å². The number of carboxylic acids is 1. The van der Waals surface area contributed by atoms with Gasteiger partial charge in [-0.1, -0.05) is 49.1 Å². The Morgan fingerprint density at radius 3 is 2.74 bits per heavy atom. The smallest absolute Gasteiger partial charge is 0.333 e. The highest BCUT2D eigenvalue weighted by Crippen LogP contribution is 2.39. The largest absolute Gasteiger partial charge is 0.479 e. The van der Waals surface area contributed by atoms with E-state index in [4.69, 9.17) is 27.5 Å². The number of terminal acetylenes is 1. The van der Waals surface area contributed by atoms with Crippen LogP contribution in [0.3, 0.4) is 0 Å². The van der Waals surface area contributed by atoms with Gasteiger partial charge in [0.25, 0.3) is 0 Å². The van der Waals surface area contributed by atoms with Crippen molar-refractivity contribution in [3.05, 3.63) is 47.5 Å². The maximum absolute atomic E-state index is 11.8. The number of carbonyl (C=O) groups is 1. The predicted molar refractivity (Wildman–Crippen MR) is 137 cm³/mol. The Morgan fingerprint density at radius 2 is 2.05 bits per heavy atom. The van der Waals surface area contributed by atoms with Crippen LogP contribution in [0.5, 0.6) is 0 Å². The molecule has 5 atom stereocenters. The summed E-state index contributed by atoms with van der Waals surface area (Å²) in [6, 6.07) is 9.24. The Kier molecular flexibility index (Phi) is 7.52. The first-order chi connectivity index (χ1) is 18.3. The zero-order chi connectivity index (χ0) is 26.9. The lowest BCUT2D eigenvalue weighted by molar-refractivity contribution is -0.156. The Bertz CT molecular complexity index is 1340. The summed E-state index contributed by atoms with van der Waals surface area (Å²) in [7, 11) is 0. The van der Waals surface area contributed by atoms with Crippen molar-refractivity contribution in [3.63, 3.8) is 0 Å².